The molecular weight excluding hydrogens is 653 g/mol. The molecule has 2 heteroatoms. The number of rotatable bonds is 46. The normalized spacial score (nSPS) is 11.7. The Hall–Kier alpha value is -0.790. The van der Waals surface area contributed by atoms with Gasteiger partial charge in [-0.3, -0.25) is 0 Å². The highest BCUT2D eigenvalue weighted by atomic mass is 15.1. The zero-order chi connectivity index (χ0) is 38.7. The molecule has 0 unspecified atom stereocenters. The van der Waals surface area contributed by atoms with Crippen LogP contribution in [-0.2, 0) is 19.5 Å². The first-order valence-corrected chi connectivity index (χ1v) is 25.9. The molecule has 0 spiro atoms. The Morgan fingerprint density at radius 3 is 0.889 bits per heavy atom. The van der Waals surface area contributed by atoms with Crippen LogP contribution in [0.1, 0.15) is 303 Å². The van der Waals surface area contributed by atoms with Crippen molar-refractivity contribution < 1.29 is 4.57 Å². The van der Waals surface area contributed by atoms with E-state index in [1.165, 1.54) is 296 Å². The summed E-state index contributed by atoms with van der Waals surface area (Å²) in [7, 11) is 0. The molecule has 54 heavy (non-hydrogen) atoms. The summed E-state index contributed by atoms with van der Waals surface area (Å²) in [6.07, 6.45) is 68.3. The van der Waals surface area contributed by atoms with Crippen LogP contribution in [0.25, 0.3) is 0 Å². The zero-order valence-electron chi connectivity index (χ0n) is 38.1. The van der Waals surface area contributed by atoms with Crippen molar-refractivity contribution in [1.82, 2.24) is 4.57 Å². The first-order chi connectivity index (χ1) is 26.8. The first kappa shape index (κ1) is 51.2. The van der Waals surface area contributed by atoms with Crippen LogP contribution >= 0.6 is 0 Å². The topological polar surface area (TPSA) is 8.81 Å². The summed E-state index contributed by atoms with van der Waals surface area (Å²) in [6, 6.07) is 0. The van der Waals surface area contributed by atoms with Gasteiger partial charge in [0.25, 0.3) is 5.82 Å². The maximum Gasteiger partial charge on any atom is 0.256 e. The maximum absolute atomic E-state index is 2.66. The van der Waals surface area contributed by atoms with Crippen molar-refractivity contribution in [3.05, 3.63) is 18.2 Å². The Kier molecular flexibility index (Phi) is 41.1. The van der Waals surface area contributed by atoms with E-state index < -0.39 is 0 Å². The third-order valence-corrected chi connectivity index (χ3v) is 12.6. The standard InChI is InChI=1S/C52H103N2/c1-4-7-10-13-16-19-22-24-26-27-29-31-34-37-40-43-46-49-54-51-50-53(52(54)47-44-41-38-35-32-21-18-15-12-9-6-3)48-45-42-39-36-33-30-28-25-23-20-17-14-11-8-5-2/h50-51H,4-49H2,1-3H3/q+1. The van der Waals surface area contributed by atoms with E-state index >= 15 is 0 Å². The number of unbranched alkanes of at least 4 members (excludes halogenated alkanes) is 40. The van der Waals surface area contributed by atoms with Gasteiger partial charge in [0.1, 0.15) is 12.4 Å². The molecule has 1 aromatic rings. The van der Waals surface area contributed by atoms with Gasteiger partial charge in [0.15, 0.2) is 0 Å². The van der Waals surface area contributed by atoms with Gasteiger partial charge in [0, 0.05) is 6.42 Å². The summed E-state index contributed by atoms with van der Waals surface area (Å²) in [6.45, 7) is 9.42. The van der Waals surface area contributed by atoms with Crippen LogP contribution in [0.5, 0.6) is 0 Å². The second kappa shape index (κ2) is 43.3. The molecule has 0 aliphatic rings. The molecule has 0 fully saturated rings. The summed E-state index contributed by atoms with van der Waals surface area (Å²) < 4.78 is 5.32. The van der Waals surface area contributed by atoms with Crippen molar-refractivity contribution >= 4 is 0 Å². The van der Waals surface area contributed by atoms with Gasteiger partial charge in [0.2, 0.25) is 0 Å². The van der Waals surface area contributed by atoms with Gasteiger partial charge >= 0.3 is 0 Å². The highest BCUT2D eigenvalue weighted by molar-refractivity contribution is 4.84. The Morgan fingerprint density at radius 2 is 0.574 bits per heavy atom. The molecule has 0 saturated heterocycles. The van der Waals surface area contributed by atoms with Gasteiger partial charge in [-0.2, -0.15) is 0 Å². The van der Waals surface area contributed by atoms with Crippen molar-refractivity contribution in [3.63, 3.8) is 0 Å². The number of imidazole rings is 1. The van der Waals surface area contributed by atoms with Gasteiger partial charge in [0.05, 0.1) is 13.1 Å². The minimum absolute atomic E-state index is 1.23. The third-order valence-electron chi connectivity index (χ3n) is 12.6. The fourth-order valence-corrected chi connectivity index (χ4v) is 8.80. The predicted molar refractivity (Wildman–Crippen MR) is 244 cm³/mol. The monoisotopic (exact) mass is 756 g/mol. The van der Waals surface area contributed by atoms with Crippen LogP contribution in [0, 0.1) is 0 Å². The van der Waals surface area contributed by atoms with E-state index in [-0.39, 0.29) is 0 Å². The summed E-state index contributed by atoms with van der Waals surface area (Å²) in [5.41, 5.74) is 0. The van der Waals surface area contributed by atoms with Crippen LogP contribution in [0.15, 0.2) is 12.4 Å². The van der Waals surface area contributed by atoms with Crippen molar-refractivity contribution in [3.8, 4) is 0 Å². The van der Waals surface area contributed by atoms with Crippen molar-refractivity contribution in [1.29, 1.82) is 0 Å². The largest absolute Gasteiger partial charge is 0.256 e. The Morgan fingerprint density at radius 1 is 0.315 bits per heavy atom. The number of hydrogen-bond acceptors (Lipinski definition) is 0. The van der Waals surface area contributed by atoms with E-state index in [1.54, 1.807) is 5.82 Å². The summed E-state index contributed by atoms with van der Waals surface area (Å²) in [4.78, 5) is 0. The Balaban J connectivity index is 2.23. The fourth-order valence-electron chi connectivity index (χ4n) is 8.80. The van der Waals surface area contributed by atoms with E-state index in [4.69, 9.17) is 0 Å². The lowest BCUT2D eigenvalue weighted by molar-refractivity contribution is -0.704. The number of aromatic nitrogens is 2. The molecule has 1 rings (SSSR count). The molecule has 1 heterocycles. The molecule has 2 nitrogen and oxygen atoms in total. The lowest BCUT2D eigenvalue weighted by atomic mass is 10.0. The van der Waals surface area contributed by atoms with E-state index in [2.05, 4.69) is 42.3 Å². The highest BCUT2D eigenvalue weighted by Crippen LogP contribution is 2.17. The minimum atomic E-state index is 1.23. The maximum atomic E-state index is 2.66. The average molecular weight is 756 g/mol. The number of aryl methyl sites for hydroxylation is 2. The van der Waals surface area contributed by atoms with Gasteiger partial charge in [-0.25, -0.2) is 9.13 Å². The summed E-state index contributed by atoms with van der Waals surface area (Å²) in [5.74, 6) is 1.63. The van der Waals surface area contributed by atoms with Crippen molar-refractivity contribution in [2.45, 2.75) is 316 Å². The molecule has 0 N–H and O–H groups in total. The summed E-state index contributed by atoms with van der Waals surface area (Å²) in [5, 5.41) is 0. The van der Waals surface area contributed by atoms with Gasteiger partial charge in [-0.15, -0.1) is 0 Å². The molecular formula is C52H103N2+. The van der Waals surface area contributed by atoms with Gasteiger partial charge in [-0.05, 0) is 32.1 Å². The van der Waals surface area contributed by atoms with Gasteiger partial charge < -0.3 is 0 Å². The van der Waals surface area contributed by atoms with Crippen LogP contribution in [0.4, 0.5) is 0 Å². The summed E-state index contributed by atoms with van der Waals surface area (Å²) >= 11 is 0. The van der Waals surface area contributed by atoms with Crippen LogP contribution < -0.4 is 4.57 Å². The van der Waals surface area contributed by atoms with E-state index in [0.717, 1.165) is 0 Å². The van der Waals surface area contributed by atoms with E-state index in [9.17, 15) is 0 Å². The third kappa shape index (κ3) is 34.5. The predicted octanol–water partition coefficient (Wildman–Crippen LogP) is 18.2. The lowest BCUT2D eigenvalue weighted by Gasteiger charge is -2.07. The fraction of sp³-hybridized carbons (Fsp3) is 0.942. The number of nitrogens with zero attached hydrogens (tertiary/aromatic N) is 2. The molecule has 0 atom stereocenters. The zero-order valence-corrected chi connectivity index (χ0v) is 38.1. The Labute approximate surface area is 342 Å². The van der Waals surface area contributed by atoms with Crippen LogP contribution in [0.3, 0.4) is 0 Å². The number of hydrogen-bond donors (Lipinski definition) is 0. The molecule has 0 aliphatic heterocycles. The molecule has 0 amide bonds. The van der Waals surface area contributed by atoms with E-state index in [0.29, 0.717) is 0 Å². The molecule has 320 valence electrons. The quantitative estimate of drug-likeness (QED) is 0.0463. The highest BCUT2D eigenvalue weighted by Gasteiger charge is 2.16. The molecule has 0 radical (unpaired) electrons. The van der Waals surface area contributed by atoms with Crippen LogP contribution in [0.2, 0.25) is 0 Å². The van der Waals surface area contributed by atoms with Crippen LogP contribution in [-0.4, -0.2) is 4.57 Å². The first-order valence-electron chi connectivity index (χ1n) is 25.9. The molecule has 0 aromatic carbocycles. The average Bonchev–Trinajstić information content (AvgIpc) is 3.57. The molecule has 0 aliphatic carbocycles. The molecule has 1 aromatic heterocycles. The second-order valence-corrected chi connectivity index (χ2v) is 18.0. The van der Waals surface area contributed by atoms with Gasteiger partial charge in [-0.1, -0.05) is 265 Å². The van der Waals surface area contributed by atoms with E-state index in [1.807, 2.05) is 0 Å². The smallest absolute Gasteiger partial charge is 0.234 e. The second-order valence-electron chi connectivity index (χ2n) is 18.0. The molecule has 0 saturated carbocycles. The lowest BCUT2D eigenvalue weighted by Crippen LogP contribution is -2.37. The minimum Gasteiger partial charge on any atom is -0.234 e. The Bertz CT molecular complexity index is 826. The molecule has 0 bridgehead atoms. The van der Waals surface area contributed by atoms with Crippen molar-refractivity contribution in [2.75, 3.05) is 0 Å². The SMILES string of the molecule is CCCCCCCCCCCCCCCCCCCn1cc[n+](CCCCCCCCCCCCCCCCC)c1CCCCCCCCCCCCC. The van der Waals surface area contributed by atoms with Crippen molar-refractivity contribution in [2.24, 2.45) is 0 Å².